The summed E-state index contributed by atoms with van der Waals surface area (Å²) < 4.78 is 0. The minimum atomic E-state index is 0.334. The molecule has 4 fully saturated rings. The van der Waals surface area contributed by atoms with Crippen LogP contribution in [0.1, 0.15) is 51.4 Å². The third kappa shape index (κ3) is 2.54. The van der Waals surface area contributed by atoms with E-state index in [-0.39, 0.29) is 0 Å². The van der Waals surface area contributed by atoms with Gasteiger partial charge in [-0.25, -0.2) is 0 Å². The van der Waals surface area contributed by atoms with Crippen molar-refractivity contribution in [3.63, 3.8) is 0 Å². The van der Waals surface area contributed by atoms with Crippen LogP contribution in [0.5, 0.6) is 0 Å². The van der Waals surface area contributed by atoms with Crippen molar-refractivity contribution >= 4 is 5.91 Å². The number of nitrogens with zero attached hydrogens (tertiary/aromatic N) is 1. The second kappa shape index (κ2) is 4.76. The fraction of sp³-hybridized carbons (Fsp3) is 0.938. The van der Waals surface area contributed by atoms with Gasteiger partial charge >= 0.3 is 0 Å². The summed E-state index contributed by atoms with van der Waals surface area (Å²) in [5.74, 6) is 2.88. The van der Waals surface area contributed by atoms with Gasteiger partial charge in [0, 0.05) is 31.6 Å². The van der Waals surface area contributed by atoms with Gasteiger partial charge in [0.25, 0.3) is 0 Å². The van der Waals surface area contributed by atoms with Crippen molar-refractivity contribution in [3.8, 4) is 0 Å². The molecule has 1 N–H and O–H groups in total. The maximum atomic E-state index is 12.2. The zero-order valence-electron chi connectivity index (χ0n) is 11.8. The molecular formula is C16H26N2O. The number of likely N-dealkylation sites (tertiary alicyclic amines) is 1. The first-order chi connectivity index (χ1) is 9.28. The van der Waals surface area contributed by atoms with E-state index in [4.69, 9.17) is 0 Å². The third-order valence-corrected chi connectivity index (χ3v) is 5.98. The molecule has 1 saturated heterocycles. The Morgan fingerprint density at radius 3 is 2.68 bits per heavy atom. The molecule has 0 aromatic carbocycles. The van der Waals surface area contributed by atoms with E-state index in [0.717, 1.165) is 30.8 Å². The van der Waals surface area contributed by atoms with Gasteiger partial charge in [-0.3, -0.25) is 9.69 Å². The maximum Gasteiger partial charge on any atom is 0.220 e. The molecule has 0 radical (unpaired) electrons. The average molecular weight is 262 g/mol. The Kier molecular flexibility index (Phi) is 3.06. The first-order valence-electron chi connectivity index (χ1n) is 8.31. The zero-order chi connectivity index (χ0) is 12.8. The predicted octanol–water partition coefficient (Wildman–Crippen LogP) is 2.17. The second-order valence-corrected chi connectivity index (χ2v) is 7.42. The zero-order valence-corrected chi connectivity index (χ0v) is 11.8. The third-order valence-electron chi connectivity index (χ3n) is 5.98. The van der Waals surface area contributed by atoms with Gasteiger partial charge in [0.05, 0.1) is 0 Å². The standard InChI is InChI=1S/C16H26N2O/c19-16(9-13-8-11-1-2-12(13)7-11)17-14-5-6-18(10-14)15-3-4-15/h11-15H,1-10H2,(H,17,19)/t11-,12-,13-,14+/m0/s1. The van der Waals surface area contributed by atoms with Gasteiger partial charge in [-0.1, -0.05) is 6.42 Å². The lowest BCUT2D eigenvalue weighted by Gasteiger charge is -2.22. The highest BCUT2D eigenvalue weighted by Gasteiger charge is 2.40. The van der Waals surface area contributed by atoms with Gasteiger partial charge in [-0.2, -0.15) is 0 Å². The summed E-state index contributed by atoms with van der Waals surface area (Å²) in [6.45, 7) is 2.30. The van der Waals surface area contributed by atoms with Gasteiger partial charge in [0.1, 0.15) is 0 Å². The van der Waals surface area contributed by atoms with Gasteiger partial charge in [-0.15, -0.1) is 0 Å². The molecule has 3 saturated carbocycles. The van der Waals surface area contributed by atoms with E-state index in [1.54, 1.807) is 0 Å². The summed E-state index contributed by atoms with van der Waals surface area (Å²) in [5, 5.41) is 3.30. The SMILES string of the molecule is O=C(C[C@@H]1C[C@H]2CC[C@H]1C2)N[C@@H]1CCN(C2CC2)C1. The molecule has 2 bridgehead atoms. The molecular weight excluding hydrogens is 236 g/mol. The second-order valence-electron chi connectivity index (χ2n) is 7.42. The monoisotopic (exact) mass is 262 g/mol. The van der Waals surface area contributed by atoms with Gasteiger partial charge in [0.2, 0.25) is 5.91 Å². The van der Waals surface area contributed by atoms with Crippen LogP contribution in [0, 0.1) is 17.8 Å². The number of carbonyl (C=O) groups is 1. The summed E-state index contributed by atoms with van der Waals surface area (Å²) in [7, 11) is 0. The molecule has 0 aromatic rings. The van der Waals surface area contributed by atoms with Crippen molar-refractivity contribution in [3.05, 3.63) is 0 Å². The Labute approximate surface area is 116 Å². The molecule has 3 heteroatoms. The minimum absolute atomic E-state index is 0.334. The summed E-state index contributed by atoms with van der Waals surface area (Å²) in [6, 6.07) is 1.29. The van der Waals surface area contributed by atoms with E-state index >= 15 is 0 Å². The van der Waals surface area contributed by atoms with Crippen LogP contribution in [0.4, 0.5) is 0 Å². The van der Waals surface area contributed by atoms with Crippen LogP contribution in [0.3, 0.4) is 0 Å². The number of hydrogen-bond acceptors (Lipinski definition) is 2. The molecule has 106 valence electrons. The van der Waals surface area contributed by atoms with Crippen LogP contribution in [-0.2, 0) is 4.79 Å². The summed E-state index contributed by atoms with van der Waals surface area (Å²) in [4.78, 5) is 14.8. The Morgan fingerprint density at radius 1 is 1.11 bits per heavy atom. The van der Waals surface area contributed by atoms with Crippen molar-refractivity contribution in [1.29, 1.82) is 0 Å². The van der Waals surface area contributed by atoms with Crippen molar-refractivity contribution < 1.29 is 4.79 Å². The van der Waals surface area contributed by atoms with Crippen molar-refractivity contribution in [2.45, 2.75) is 63.5 Å². The number of rotatable bonds is 4. The van der Waals surface area contributed by atoms with E-state index in [1.807, 2.05) is 0 Å². The first-order valence-corrected chi connectivity index (χ1v) is 8.31. The van der Waals surface area contributed by atoms with Crippen LogP contribution in [-0.4, -0.2) is 36.0 Å². The molecule has 4 atom stereocenters. The highest BCUT2D eigenvalue weighted by atomic mass is 16.1. The molecule has 0 spiro atoms. The van der Waals surface area contributed by atoms with Crippen LogP contribution in [0.2, 0.25) is 0 Å². The lowest BCUT2D eigenvalue weighted by atomic mass is 9.86. The summed E-state index contributed by atoms with van der Waals surface area (Å²) >= 11 is 0. The quantitative estimate of drug-likeness (QED) is 0.842. The van der Waals surface area contributed by atoms with Crippen molar-refractivity contribution in [1.82, 2.24) is 10.2 Å². The molecule has 4 rings (SSSR count). The number of amides is 1. The van der Waals surface area contributed by atoms with E-state index in [1.165, 1.54) is 51.5 Å². The molecule has 3 aliphatic carbocycles. The highest BCUT2D eigenvalue weighted by molar-refractivity contribution is 5.76. The van der Waals surface area contributed by atoms with Gasteiger partial charge < -0.3 is 5.32 Å². The molecule has 3 nitrogen and oxygen atoms in total. The van der Waals surface area contributed by atoms with E-state index in [0.29, 0.717) is 17.9 Å². The fourth-order valence-corrected chi connectivity index (χ4v) is 4.83. The Hall–Kier alpha value is -0.570. The van der Waals surface area contributed by atoms with Crippen LogP contribution < -0.4 is 5.32 Å². The topological polar surface area (TPSA) is 32.3 Å². The maximum absolute atomic E-state index is 12.2. The fourth-order valence-electron chi connectivity index (χ4n) is 4.83. The number of hydrogen-bond donors (Lipinski definition) is 1. The van der Waals surface area contributed by atoms with E-state index < -0.39 is 0 Å². The Bertz CT molecular complexity index is 366. The highest BCUT2D eigenvalue weighted by Crippen LogP contribution is 2.49. The average Bonchev–Trinajstić information content (AvgIpc) is 2.83. The lowest BCUT2D eigenvalue weighted by Crippen LogP contribution is -2.38. The smallest absolute Gasteiger partial charge is 0.220 e. The summed E-state index contributed by atoms with van der Waals surface area (Å²) in [6.07, 6.45) is 10.3. The van der Waals surface area contributed by atoms with E-state index in [2.05, 4.69) is 10.2 Å². The van der Waals surface area contributed by atoms with Crippen LogP contribution in [0.15, 0.2) is 0 Å². The number of nitrogens with one attached hydrogen (secondary N) is 1. The summed E-state index contributed by atoms with van der Waals surface area (Å²) in [5.41, 5.74) is 0. The molecule has 4 aliphatic rings. The predicted molar refractivity (Wildman–Crippen MR) is 74.7 cm³/mol. The largest absolute Gasteiger partial charge is 0.352 e. The first kappa shape index (κ1) is 12.2. The van der Waals surface area contributed by atoms with Crippen molar-refractivity contribution in [2.75, 3.05) is 13.1 Å². The lowest BCUT2D eigenvalue weighted by molar-refractivity contribution is -0.123. The van der Waals surface area contributed by atoms with Crippen LogP contribution in [0.25, 0.3) is 0 Å². The normalized spacial score (nSPS) is 41.9. The number of carbonyl (C=O) groups excluding carboxylic acids is 1. The molecule has 1 amide bonds. The molecule has 0 aromatic heterocycles. The number of fused-ring (bicyclic) bond motifs is 2. The van der Waals surface area contributed by atoms with Gasteiger partial charge in [-0.05, 0) is 56.3 Å². The van der Waals surface area contributed by atoms with Crippen molar-refractivity contribution in [2.24, 2.45) is 17.8 Å². The Balaban J connectivity index is 1.23. The molecule has 0 unspecified atom stereocenters. The molecule has 19 heavy (non-hydrogen) atoms. The van der Waals surface area contributed by atoms with Gasteiger partial charge in [0.15, 0.2) is 0 Å². The minimum Gasteiger partial charge on any atom is -0.352 e. The van der Waals surface area contributed by atoms with Crippen LogP contribution >= 0.6 is 0 Å². The molecule has 1 heterocycles. The Morgan fingerprint density at radius 2 is 2.00 bits per heavy atom. The molecule has 1 aliphatic heterocycles. The van der Waals surface area contributed by atoms with E-state index in [9.17, 15) is 4.79 Å².